The first kappa shape index (κ1) is 14.5. The van der Waals surface area contributed by atoms with Crippen LogP contribution in [-0.2, 0) is 11.2 Å². The van der Waals surface area contributed by atoms with E-state index in [1.165, 1.54) is 17.0 Å². The van der Waals surface area contributed by atoms with Crippen LogP contribution in [0.2, 0.25) is 5.02 Å². The number of carbonyl (C=O) groups excluding carboxylic acids is 1. The van der Waals surface area contributed by atoms with Crippen molar-refractivity contribution >= 4 is 17.5 Å². The molecule has 0 unspecified atom stereocenters. The lowest BCUT2D eigenvalue weighted by molar-refractivity contribution is -0.129. The predicted molar refractivity (Wildman–Crippen MR) is 72.1 cm³/mol. The molecule has 0 aromatic heterocycles. The molecular formula is C14H15ClFNO. The molecule has 0 aliphatic rings. The summed E-state index contributed by atoms with van der Waals surface area (Å²) in [6, 6.07) is 4.37. The Bertz CT molecular complexity index is 429. The lowest BCUT2D eigenvalue weighted by Gasteiger charge is -2.19. The molecule has 1 aromatic rings. The Hall–Kier alpha value is -1.61. The SMILES string of the molecule is C=CCN(CC=C)C(=O)Cc1c(F)cccc1Cl. The van der Waals surface area contributed by atoms with E-state index in [0.29, 0.717) is 13.1 Å². The first-order valence-corrected chi connectivity index (χ1v) is 5.90. The van der Waals surface area contributed by atoms with Gasteiger partial charge in [-0.2, -0.15) is 0 Å². The minimum atomic E-state index is -0.465. The molecule has 1 rings (SSSR count). The molecule has 4 heteroatoms. The summed E-state index contributed by atoms with van der Waals surface area (Å²) >= 11 is 5.88. The highest BCUT2D eigenvalue weighted by Gasteiger charge is 2.16. The van der Waals surface area contributed by atoms with E-state index < -0.39 is 5.82 Å². The van der Waals surface area contributed by atoms with Crippen molar-refractivity contribution in [2.75, 3.05) is 13.1 Å². The van der Waals surface area contributed by atoms with Crippen LogP contribution < -0.4 is 0 Å². The summed E-state index contributed by atoms with van der Waals surface area (Å²) in [7, 11) is 0. The number of halogens is 2. The summed E-state index contributed by atoms with van der Waals surface area (Å²) in [5.74, 6) is -0.671. The van der Waals surface area contributed by atoms with Crippen LogP contribution in [0.1, 0.15) is 5.56 Å². The Morgan fingerprint density at radius 3 is 2.44 bits per heavy atom. The Labute approximate surface area is 111 Å². The molecule has 96 valence electrons. The van der Waals surface area contributed by atoms with Gasteiger partial charge < -0.3 is 4.90 Å². The van der Waals surface area contributed by atoms with E-state index in [-0.39, 0.29) is 22.9 Å². The third kappa shape index (κ3) is 3.70. The van der Waals surface area contributed by atoms with Crippen molar-refractivity contribution < 1.29 is 9.18 Å². The molecule has 1 aromatic carbocycles. The number of carbonyl (C=O) groups is 1. The van der Waals surface area contributed by atoms with Gasteiger partial charge in [0.25, 0.3) is 0 Å². The molecule has 0 saturated carbocycles. The summed E-state index contributed by atoms with van der Waals surface area (Å²) < 4.78 is 13.6. The first-order valence-electron chi connectivity index (χ1n) is 5.52. The van der Waals surface area contributed by atoms with Crippen molar-refractivity contribution in [2.45, 2.75) is 6.42 Å². The lowest BCUT2D eigenvalue weighted by Crippen LogP contribution is -2.32. The number of amides is 1. The van der Waals surface area contributed by atoms with E-state index in [0.717, 1.165) is 0 Å². The highest BCUT2D eigenvalue weighted by atomic mass is 35.5. The van der Waals surface area contributed by atoms with E-state index in [9.17, 15) is 9.18 Å². The fourth-order valence-corrected chi connectivity index (χ4v) is 1.78. The highest BCUT2D eigenvalue weighted by Crippen LogP contribution is 2.20. The van der Waals surface area contributed by atoms with Gasteiger partial charge in [0, 0.05) is 23.7 Å². The molecule has 0 fully saturated rings. The maximum absolute atomic E-state index is 13.6. The fraction of sp³-hybridized carbons (Fsp3) is 0.214. The smallest absolute Gasteiger partial charge is 0.227 e. The highest BCUT2D eigenvalue weighted by molar-refractivity contribution is 6.31. The van der Waals surface area contributed by atoms with Crippen molar-refractivity contribution in [3.05, 3.63) is 59.9 Å². The van der Waals surface area contributed by atoms with Crippen LogP contribution in [0.25, 0.3) is 0 Å². The third-order valence-corrected chi connectivity index (χ3v) is 2.80. The molecule has 0 N–H and O–H groups in total. The Kier molecular flexibility index (Phi) is 5.59. The fourth-order valence-electron chi connectivity index (χ4n) is 1.55. The van der Waals surface area contributed by atoms with E-state index in [1.54, 1.807) is 18.2 Å². The normalized spacial score (nSPS) is 9.89. The molecule has 0 heterocycles. The maximum atomic E-state index is 13.6. The van der Waals surface area contributed by atoms with Crippen molar-refractivity contribution in [3.63, 3.8) is 0 Å². The Morgan fingerprint density at radius 2 is 1.94 bits per heavy atom. The molecule has 0 saturated heterocycles. The van der Waals surface area contributed by atoms with Crippen LogP contribution in [0, 0.1) is 5.82 Å². The van der Waals surface area contributed by atoms with E-state index in [4.69, 9.17) is 11.6 Å². The van der Waals surface area contributed by atoms with Gasteiger partial charge in [0.2, 0.25) is 5.91 Å². The van der Waals surface area contributed by atoms with Gasteiger partial charge in [0.1, 0.15) is 5.82 Å². The zero-order valence-electron chi connectivity index (χ0n) is 10.0. The van der Waals surface area contributed by atoms with Gasteiger partial charge in [-0.15, -0.1) is 13.2 Å². The number of hydrogen-bond acceptors (Lipinski definition) is 1. The van der Waals surface area contributed by atoms with E-state index >= 15 is 0 Å². The topological polar surface area (TPSA) is 20.3 Å². The van der Waals surface area contributed by atoms with Gasteiger partial charge in [-0.25, -0.2) is 4.39 Å². The molecule has 0 bridgehead atoms. The third-order valence-electron chi connectivity index (χ3n) is 2.44. The summed E-state index contributed by atoms with van der Waals surface area (Å²) in [5.41, 5.74) is 0.224. The average molecular weight is 268 g/mol. The number of rotatable bonds is 6. The standard InChI is InChI=1S/C14H15ClFNO/c1-3-8-17(9-4-2)14(18)10-11-12(15)6-5-7-13(11)16/h3-7H,1-2,8-10H2. The maximum Gasteiger partial charge on any atom is 0.227 e. The number of hydrogen-bond donors (Lipinski definition) is 0. The van der Waals surface area contributed by atoms with Gasteiger partial charge in [0.05, 0.1) is 6.42 Å². The molecule has 2 nitrogen and oxygen atoms in total. The van der Waals surface area contributed by atoms with Gasteiger partial charge in [0.15, 0.2) is 0 Å². The minimum absolute atomic E-state index is 0.0623. The van der Waals surface area contributed by atoms with Crippen LogP contribution in [0.15, 0.2) is 43.5 Å². The van der Waals surface area contributed by atoms with E-state index in [2.05, 4.69) is 13.2 Å². The lowest BCUT2D eigenvalue weighted by atomic mass is 10.1. The van der Waals surface area contributed by atoms with Crippen molar-refractivity contribution in [1.29, 1.82) is 0 Å². The largest absolute Gasteiger partial charge is 0.335 e. The second-order valence-electron chi connectivity index (χ2n) is 3.75. The van der Waals surface area contributed by atoms with Gasteiger partial charge in [-0.05, 0) is 12.1 Å². The molecule has 1 amide bonds. The zero-order valence-corrected chi connectivity index (χ0v) is 10.8. The van der Waals surface area contributed by atoms with Gasteiger partial charge in [-0.3, -0.25) is 4.79 Å². The summed E-state index contributed by atoms with van der Waals surface area (Å²) in [4.78, 5) is 13.5. The molecule has 0 radical (unpaired) electrons. The number of nitrogens with zero attached hydrogens (tertiary/aromatic N) is 1. The number of benzene rings is 1. The molecule has 18 heavy (non-hydrogen) atoms. The van der Waals surface area contributed by atoms with E-state index in [1.807, 2.05) is 0 Å². The summed E-state index contributed by atoms with van der Waals surface area (Å²) in [6.07, 6.45) is 3.17. The molecular weight excluding hydrogens is 253 g/mol. The van der Waals surface area contributed by atoms with Crippen LogP contribution in [0.4, 0.5) is 4.39 Å². The van der Waals surface area contributed by atoms with Crippen LogP contribution >= 0.6 is 11.6 Å². The molecule has 0 aliphatic heterocycles. The Morgan fingerprint density at radius 1 is 1.33 bits per heavy atom. The van der Waals surface area contributed by atoms with Crippen LogP contribution in [0.5, 0.6) is 0 Å². The van der Waals surface area contributed by atoms with Crippen LogP contribution in [-0.4, -0.2) is 23.9 Å². The van der Waals surface area contributed by atoms with Crippen molar-refractivity contribution in [1.82, 2.24) is 4.90 Å². The monoisotopic (exact) mass is 267 g/mol. The zero-order chi connectivity index (χ0) is 13.5. The van der Waals surface area contributed by atoms with Gasteiger partial charge >= 0.3 is 0 Å². The summed E-state index contributed by atoms with van der Waals surface area (Å²) in [6.45, 7) is 7.96. The summed E-state index contributed by atoms with van der Waals surface area (Å²) in [5, 5.41) is 0.264. The Balaban J connectivity index is 2.85. The predicted octanol–water partition coefficient (Wildman–Crippen LogP) is 3.22. The van der Waals surface area contributed by atoms with Crippen LogP contribution in [0.3, 0.4) is 0 Å². The quantitative estimate of drug-likeness (QED) is 0.725. The van der Waals surface area contributed by atoms with Crippen molar-refractivity contribution in [2.24, 2.45) is 0 Å². The van der Waals surface area contributed by atoms with Crippen molar-refractivity contribution in [3.8, 4) is 0 Å². The second kappa shape index (κ2) is 6.97. The van der Waals surface area contributed by atoms with Gasteiger partial charge in [-0.1, -0.05) is 29.8 Å². The molecule has 0 atom stereocenters. The molecule has 0 aliphatic carbocycles. The second-order valence-corrected chi connectivity index (χ2v) is 4.16. The molecule has 0 spiro atoms. The minimum Gasteiger partial charge on any atom is -0.335 e. The average Bonchev–Trinajstić information content (AvgIpc) is 2.33. The first-order chi connectivity index (χ1) is 8.60.